The number of hydrogen-bond acceptors (Lipinski definition) is 6. The van der Waals surface area contributed by atoms with Crippen molar-refractivity contribution in [1.29, 1.82) is 0 Å². The summed E-state index contributed by atoms with van der Waals surface area (Å²) in [5.41, 5.74) is 6.92. The van der Waals surface area contributed by atoms with Crippen LogP contribution in [0.25, 0.3) is 0 Å². The summed E-state index contributed by atoms with van der Waals surface area (Å²) in [5, 5.41) is 15.3. The number of nitrogens with two attached hydrogens (primary N) is 1. The van der Waals surface area contributed by atoms with E-state index in [4.69, 9.17) is 10.8 Å². The van der Waals surface area contributed by atoms with Gasteiger partial charge < -0.3 is 21.5 Å². The van der Waals surface area contributed by atoms with Crippen molar-refractivity contribution in [2.45, 2.75) is 37.0 Å². The summed E-state index contributed by atoms with van der Waals surface area (Å²) in [5.74, 6) is -1.33. The van der Waals surface area contributed by atoms with Gasteiger partial charge in [-0.2, -0.15) is 0 Å². The summed E-state index contributed by atoms with van der Waals surface area (Å²) in [4.78, 5) is 35.9. The standard InChI is InChI=1S/C15H19N3O4S2/c16-13(20)12-8-2-1-3-10(8)24-14(12)18-11(19)6-23-7-4-9(15(21)22)17-5-7/h7,9,17H,1-6H2,(H2,16,20)(H,18,19)(H,21,22). The van der Waals surface area contributed by atoms with E-state index in [0.717, 1.165) is 29.7 Å². The largest absolute Gasteiger partial charge is 0.480 e. The highest BCUT2D eigenvalue weighted by Gasteiger charge is 2.30. The molecule has 0 aromatic carbocycles. The topological polar surface area (TPSA) is 122 Å². The van der Waals surface area contributed by atoms with Gasteiger partial charge in [-0.25, -0.2) is 0 Å². The number of aliphatic carboxylic acids is 1. The van der Waals surface area contributed by atoms with Gasteiger partial charge in [0.2, 0.25) is 5.91 Å². The fraction of sp³-hybridized carbons (Fsp3) is 0.533. The number of amides is 2. The van der Waals surface area contributed by atoms with E-state index >= 15 is 0 Å². The summed E-state index contributed by atoms with van der Waals surface area (Å²) in [6.45, 7) is 0.578. The van der Waals surface area contributed by atoms with Crippen LogP contribution in [0.15, 0.2) is 0 Å². The number of nitrogens with one attached hydrogen (secondary N) is 2. The fourth-order valence-corrected chi connectivity index (χ4v) is 5.44. The summed E-state index contributed by atoms with van der Waals surface area (Å²) < 4.78 is 0. The van der Waals surface area contributed by atoms with E-state index in [2.05, 4.69) is 10.6 Å². The van der Waals surface area contributed by atoms with Gasteiger partial charge in [-0.3, -0.25) is 14.4 Å². The maximum Gasteiger partial charge on any atom is 0.320 e. The van der Waals surface area contributed by atoms with Gasteiger partial charge in [0.1, 0.15) is 11.0 Å². The number of fused-ring (bicyclic) bond motifs is 1. The smallest absolute Gasteiger partial charge is 0.320 e. The number of carboxylic acid groups (broad SMARTS) is 1. The van der Waals surface area contributed by atoms with Crippen LogP contribution in [-0.4, -0.2) is 46.5 Å². The van der Waals surface area contributed by atoms with Crippen LogP contribution < -0.4 is 16.4 Å². The second-order valence-corrected chi connectivity index (χ2v) is 8.34. The number of carboxylic acids is 1. The minimum absolute atomic E-state index is 0.0980. The molecule has 1 aromatic rings. The Kier molecular flexibility index (Phi) is 5.12. The number of hydrogen-bond donors (Lipinski definition) is 4. The molecule has 0 saturated carbocycles. The third kappa shape index (κ3) is 3.57. The molecular formula is C15H19N3O4S2. The first-order valence-electron chi connectivity index (χ1n) is 7.77. The third-order valence-electron chi connectivity index (χ3n) is 4.26. The molecule has 1 saturated heterocycles. The first-order chi connectivity index (χ1) is 11.5. The number of thiophene rings is 1. The first kappa shape index (κ1) is 17.2. The number of primary amides is 1. The van der Waals surface area contributed by atoms with E-state index in [9.17, 15) is 14.4 Å². The number of aryl methyl sites for hydroxylation is 1. The van der Waals surface area contributed by atoms with Crippen molar-refractivity contribution in [3.8, 4) is 0 Å². The van der Waals surface area contributed by atoms with E-state index in [0.29, 0.717) is 23.5 Å². The average Bonchev–Trinajstić information content (AvgIpc) is 3.19. The van der Waals surface area contributed by atoms with Crippen LogP contribution in [0.5, 0.6) is 0 Å². The van der Waals surface area contributed by atoms with Crippen molar-refractivity contribution in [1.82, 2.24) is 5.32 Å². The highest BCUT2D eigenvalue weighted by atomic mass is 32.2. The molecule has 0 radical (unpaired) electrons. The van der Waals surface area contributed by atoms with Gasteiger partial charge in [0.05, 0.1) is 11.3 Å². The molecule has 2 unspecified atom stereocenters. The van der Waals surface area contributed by atoms with Gasteiger partial charge in [-0.1, -0.05) is 0 Å². The number of carbonyl (C=O) groups excluding carboxylic acids is 2. The van der Waals surface area contributed by atoms with Gasteiger partial charge in [-0.05, 0) is 31.2 Å². The molecule has 2 heterocycles. The van der Waals surface area contributed by atoms with Crippen LogP contribution in [0.1, 0.15) is 33.6 Å². The molecule has 2 amide bonds. The van der Waals surface area contributed by atoms with E-state index in [-0.39, 0.29) is 16.9 Å². The predicted octanol–water partition coefficient (Wildman–Crippen LogP) is 0.822. The molecule has 3 rings (SSSR count). The first-order valence-corrected chi connectivity index (χ1v) is 9.64. The zero-order chi connectivity index (χ0) is 17.3. The zero-order valence-corrected chi connectivity index (χ0v) is 14.6. The number of carbonyl (C=O) groups is 3. The van der Waals surface area contributed by atoms with Crippen molar-refractivity contribution in [2.75, 3.05) is 17.6 Å². The molecule has 1 fully saturated rings. The van der Waals surface area contributed by atoms with Crippen LogP contribution in [0.4, 0.5) is 5.00 Å². The normalized spacial score (nSPS) is 22.3. The maximum atomic E-state index is 12.2. The van der Waals surface area contributed by atoms with Crippen molar-refractivity contribution < 1.29 is 19.5 Å². The second kappa shape index (κ2) is 7.12. The zero-order valence-electron chi connectivity index (χ0n) is 13.0. The van der Waals surface area contributed by atoms with Crippen LogP contribution in [-0.2, 0) is 22.4 Å². The Morgan fingerprint density at radius 1 is 1.38 bits per heavy atom. The minimum atomic E-state index is -0.859. The monoisotopic (exact) mass is 369 g/mol. The Morgan fingerprint density at radius 3 is 2.83 bits per heavy atom. The lowest BCUT2D eigenvalue weighted by atomic mass is 10.1. The summed E-state index contributed by atoms with van der Waals surface area (Å²) in [6, 6.07) is -0.535. The molecule has 0 spiro atoms. The SMILES string of the molecule is NC(=O)c1c(NC(=O)CSC2CNC(C(=O)O)C2)sc2c1CCC2. The van der Waals surface area contributed by atoms with Gasteiger partial charge in [-0.15, -0.1) is 23.1 Å². The Balaban J connectivity index is 1.56. The second-order valence-electron chi connectivity index (χ2n) is 5.94. The fourth-order valence-electron chi connectivity index (χ4n) is 3.13. The van der Waals surface area contributed by atoms with Crippen molar-refractivity contribution in [2.24, 2.45) is 5.73 Å². The van der Waals surface area contributed by atoms with Crippen LogP contribution in [0.3, 0.4) is 0 Å². The van der Waals surface area contributed by atoms with Crippen molar-refractivity contribution in [3.05, 3.63) is 16.0 Å². The number of rotatable bonds is 6. The van der Waals surface area contributed by atoms with E-state index in [1.54, 1.807) is 0 Å². The average molecular weight is 369 g/mol. The molecule has 1 aliphatic carbocycles. The highest BCUT2D eigenvalue weighted by Crippen LogP contribution is 2.38. The van der Waals surface area contributed by atoms with E-state index < -0.39 is 17.9 Å². The minimum Gasteiger partial charge on any atom is -0.480 e. The number of thioether (sulfide) groups is 1. The third-order valence-corrected chi connectivity index (χ3v) is 6.73. The van der Waals surface area contributed by atoms with Gasteiger partial charge in [0.15, 0.2) is 0 Å². The molecule has 1 aromatic heterocycles. The van der Waals surface area contributed by atoms with Gasteiger partial charge in [0.25, 0.3) is 5.91 Å². The molecule has 24 heavy (non-hydrogen) atoms. The number of anilines is 1. The molecule has 2 atom stereocenters. The highest BCUT2D eigenvalue weighted by molar-refractivity contribution is 8.00. The Hall–Kier alpha value is -1.58. The van der Waals surface area contributed by atoms with Crippen LogP contribution >= 0.6 is 23.1 Å². The Morgan fingerprint density at radius 2 is 2.17 bits per heavy atom. The molecule has 1 aliphatic heterocycles. The molecule has 7 nitrogen and oxygen atoms in total. The van der Waals surface area contributed by atoms with Crippen molar-refractivity contribution in [3.63, 3.8) is 0 Å². The Bertz CT molecular complexity index is 689. The maximum absolute atomic E-state index is 12.2. The lowest BCUT2D eigenvalue weighted by Crippen LogP contribution is -2.29. The molecule has 5 N–H and O–H groups in total. The summed E-state index contributed by atoms with van der Waals surface area (Å²) in [6.07, 6.45) is 3.28. The summed E-state index contributed by atoms with van der Waals surface area (Å²) in [7, 11) is 0. The lowest BCUT2D eigenvalue weighted by molar-refractivity contribution is -0.139. The predicted molar refractivity (Wildman–Crippen MR) is 93.8 cm³/mol. The van der Waals surface area contributed by atoms with Crippen molar-refractivity contribution >= 4 is 45.9 Å². The van der Waals surface area contributed by atoms with Crippen LogP contribution in [0.2, 0.25) is 0 Å². The summed E-state index contributed by atoms with van der Waals surface area (Å²) >= 11 is 2.86. The van der Waals surface area contributed by atoms with E-state index in [1.807, 2.05) is 0 Å². The molecule has 130 valence electrons. The Labute approximate surface area is 147 Å². The molecule has 9 heteroatoms. The van der Waals surface area contributed by atoms with Crippen LogP contribution in [0, 0.1) is 0 Å². The van der Waals surface area contributed by atoms with E-state index in [1.165, 1.54) is 23.1 Å². The van der Waals surface area contributed by atoms with Gasteiger partial charge >= 0.3 is 5.97 Å². The molecular weight excluding hydrogens is 350 g/mol. The molecule has 2 aliphatic rings. The lowest BCUT2D eigenvalue weighted by Gasteiger charge is -2.09. The van der Waals surface area contributed by atoms with Gasteiger partial charge in [0, 0.05) is 16.7 Å². The molecule has 0 bridgehead atoms. The quantitative estimate of drug-likeness (QED) is 0.589.